The predicted molar refractivity (Wildman–Crippen MR) is 289 cm³/mol. The SMILES string of the molecule is CCCCCCCCCCCCCCCCCCCCCCCCC(O)C(=O)N[C@@H](COP(=O)([O-])O[C@@H]1[C@H](O)[C@H](O)[C@@H](O)[C@H](O)[C@H]1OC1O[C@H](CO)[C@@H](O)[C@H](O)[C@@H]1O)[C@H](O)C(O)CCCCCCCCCCCCCC. The van der Waals surface area contributed by atoms with Gasteiger partial charge in [-0.15, -0.1) is 0 Å². The summed E-state index contributed by atoms with van der Waals surface area (Å²) < 4.78 is 34.4. The first-order valence-corrected chi connectivity index (χ1v) is 31.6. The maximum atomic E-state index is 13.5. The molecule has 0 spiro atoms. The minimum absolute atomic E-state index is 0.0884. The summed E-state index contributed by atoms with van der Waals surface area (Å²) in [6, 6.07) is -1.62. The molecule has 0 aromatic rings. The highest BCUT2D eigenvalue weighted by atomic mass is 31.2. The molecule has 2 fully saturated rings. The summed E-state index contributed by atoms with van der Waals surface area (Å²) in [4.78, 5) is 26.8. The van der Waals surface area contributed by atoms with Crippen molar-refractivity contribution in [2.75, 3.05) is 13.2 Å². The smallest absolute Gasteiger partial charge is 0.268 e. The Hall–Kier alpha value is -0.940. The molecule has 0 radical (unpaired) electrons. The third kappa shape index (κ3) is 29.2. The zero-order valence-electron chi connectivity index (χ0n) is 46.8. The van der Waals surface area contributed by atoms with Gasteiger partial charge in [0.1, 0.15) is 73.2 Å². The van der Waals surface area contributed by atoms with Crippen molar-refractivity contribution in [3.63, 3.8) is 0 Å². The zero-order valence-corrected chi connectivity index (χ0v) is 47.6. The molecule has 1 saturated heterocycles. The maximum absolute atomic E-state index is 13.5. The molecule has 16 atom stereocenters. The number of aliphatic hydroxyl groups is 11. The number of unbranched alkanes of at least 4 members (excludes halogenated alkanes) is 32. The number of hydrogen-bond donors (Lipinski definition) is 12. The molecule has 76 heavy (non-hydrogen) atoms. The number of carbonyl (C=O) groups is 1. The molecule has 0 aromatic heterocycles. The Kier molecular flexibility index (Phi) is 40.1. The molecule has 2 aliphatic rings. The lowest BCUT2D eigenvalue weighted by Gasteiger charge is -2.47. The van der Waals surface area contributed by atoms with Gasteiger partial charge < -0.3 is 84.9 Å². The molecule has 12 N–H and O–H groups in total. The van der Waals surface area contributed by atoms with Crippen LogP contribution in [0.2, 0.25) is 0 Å². The second-order valence-corrected chi connectivity index (χ2v) is 23.5. The van der Waals surface area contributed by atoms with Gasteiger partial charge in [0.2, 0.25) is 5.91 Å². The van der Waals surface area contributed by atoms with Crippen molar-refractivity contribution in [1.29, 1.82) is 0 Å². The van der Waals surface area contributed by atoms with Crippen LogP contribution in [0, 0.1) is 0 Å². The van der Waals surface area contributed by atoms with Gasteiger partial charge in [-0.05, 0) is 12.8 Å². The number of hydrogen-bond acceptors (Lipinski definition) is 18. The van der Waals surface area contributed by atoms with E-state index in [1.165, 1.54) is 148 Å². The molecule has 452 valence electrons. The van der Waals surface area contributed by atoms with Crippen LogP contribution in [0.25, 0.3) is 0 Å². The summed E-state index contributed by atoms with van der Waals surface area (Å²) in [5.74, 6) is -0.939. The van der Waals surface area contributed by atoms with Gasteiger partial charge in [0.05, 0.1) is 25.4 Å². The Morgan fingerprint density at radius 1 is 0.513 bits per heavy atom. The highest BCUT2D eigenvalue weighted by Crippen LogP contribution is 2.44. The topological polar surface area (TPSA) is 329 Å². The van der Waals surface area contributed by atoms with Crippen LogP contribution in [-0.4, -0.2) is 167 Å². The molecule has 1 amide bonds. The molecule has 19 nitrogen and oxygen atoms in total. The molecule has 4 unspecified atom stereocenters. The van der Waals surface area contributed by atoms with Crippen molar-refractivity contribution >= 4 is 13.7 Å². The van der Waals surface area contributed by atoms with Crippen LogP contribution in [-0.2, 0) is 27.9 Å². The summed E-state index contributed by atoms with van der Waals surface area (Å²) in [5, 5.41) is 119. The van der Waals surface area contributed by atoms with E-state index in [1.54, 1.807) is 0 Å². The fourth-order valence-electron chi connectivity index (χ4n) is 10.4. The molecule has 0 aromatic carbocycles. The molecule has 2 rings (SSSR count). The first-order valence-electron chi connectivity index (χ1n) is 30.2. The van der Waals surface area contributed by atoms with Crippen LogP contribution in [0.15, 0.2) is 0 Å². The summed E-state index contributed by atoms with van der Waals surface area (Å²) in [5.41, 5.74) is 0. The van der Waals surface area contributed by atoms with Crippen LogP contribution >= 0.6 is 7.82 Å². The highest BCUT2D eigenvalue weighted by molar-refractivity contribution is 7.45. The number of carbonyl (C=O) groups excluding carboxylic acids is 1. The van der Waals surface area contributed by atoms with Crippen LogP contribution < -0.4 is 10.2 Å². The molecular weight excluding hydrogens is 1010 g/mol. The third-order valence-corrected chi connectivity index (χ3v) is 16.4. The lowest BCUT2D eigenvalue weighted by Crippen LogP contribution is -2.67. The molecule has 1 heterocycles. The van der Waals surface area contributed by atoms with Gasteiger partial charge in [-0.25, -0.2) is 0 Å². The molecule has 1 aliphatic carbocycles. The minimum atomic E-state index is -5.74. The minimum Gasteiger partial charge on any atom is -0.756 e. The average molecular weight is 1120 g/mol. The van der Waals surface area contributed by atoms with E-state index < -0.39 is 119 Å². The van der Waals surface area contributed by atoms with Crippen LogP contribution in [0.1, 0.15) is 245 Å². The van der Waals surface area contributed by atoms with Gasteiger partial charge >= 0.3 is 0 Å². The quantitative estimate of drug-likeness (QED) is 0.0240. The first-order chi connectivity index (χ1) is 36.5. The lowest BCUT2D eigenvalue weighted by molar-refractivity contribution is -0.341. The summed E-state index contributed by atoms with van der Waals surface area (Å²) >= 11 is 0. The van der Waals surface area contributed by atoms with E-state index in [0.29, 0.717) is 12.8 Å². The second-order valence-electron chi connectivity index (χ2n) is 22.2. The Balaban J connectivity index is 1.90. The fraction of sp³-hybridized carbons (Fsp3) is 0.982. The van der Waals surface area contributed by atoms with Gasteiger partial charge in [-0.3, -0.25) is 9.36 Å². The Morgan fingerprint density at radius 2 is 0.868 bits per heavy atom. The number of aliphatic hydroxyl groups excluding tert-OH is 11. The van der Waals surface area contributed by atoms with Crippen LogP contribution in [0.5, 0.6) is 0 Å². The third-order valence-electron chi connectivity index (χ3n) is 15.5. The monoisotopic (exact) mass is 1110 g/mol. The van der Waals surface area contributed by atoms with Crippen LogP contribution in [0.3, 0.4) is 0 Å². The highest BCUT2D eigenvalue weighted by Gasteiger charge is 2.54. The molecule has 0 bridgehead atoms. The summed E-state index contributed by atoms with van der Waals surface area (Å²) in [6.45, 7) is 2.53. The van der Waals surface area contributed by atoms with E-state index in [2.05, 4.69) is 19.2 Å². The van der Waals surface area contributed by atoms with E-state index in [9.17, 15) is 70.4 Å². The normalized spacial score (nSPS) is 27.5. The second kappa shape index (κ2) is 42.8. The Labute approximate surface area is 456 Å². The van der Waals surface area contributed by atoms with Crippen molar-refractivity contribution in [2.24, 2.45) is 0 Å². The van der Waals surface area contributed by atoms with Crippen molar-refractivity contribution in [1.82, 2.24) is 5.32 Å². The van der Waals surface area contributed by atoms with E-state index in [1.807, 2.05) is 0 Å². The molecule has 1 saturated carbocycles. The van der Waals surface area contributed by atoms with Gasteiger partial charge in [0.15, 0.2) is 6.29 Å². The van der Waals surface area contributed by atoms with Gasteiger partial charge in [0.25, 0.3) is 7.82 Å². The zero-order chi connectivity index (χ0) is 56.1. The maximum Gasteiger partial charge on any atom is 0.268 e. The van der Waals surface area contributed by atoms with Crippen molar-refractivity contribution in [3.8, 4) is 0 Å². The van der Waals surface area contributed by atoms with E-state index in [-0.39, 0.29) is 12.8 Å². The van der Waals surface area contributed by atoms with E-state index in [4.69, 9.17) is 18.5 Å². The molecule has 20 heteroatoms. The molecule has 1 aliphatic heterocycles. The number of phosphoric acid groups is 1. The largest absolute Gasteiger partial charge is 0.756 e. The first kappa shape index (κ1) is 71.2. The van der Waals surface area contributed by atoms with E-state index >= 15 is 0 Å². The predicted octanol–water partition coefficient (Wildman–Crippen LogP) is 6.15. The molecular formula is C56H109NO18P-. The summed E-state index contributed by atoms with van der Waals surface area (Å²) in [7, 11) is -5.74. The van der Waals surface area contributed by atoms with Crippen LogP contribution in [0.4, 0.5) is 0 Å². The number of ether oxygens (including phenoxy) is 2. The summed E-state index contributed by atoms with van der Waals surface area (Å²) in [6.07, 6.45) is 12.6. The standard InChI is InChI=1S/C56H110NO18P/c1-3-5-7-9-11-13-15-17-18-19-20-21-22-23-24-25-26-28-30-32-34-36-38-43(60)55(69)57-41(45(61)42(59)37-35-33-31-29-27-16-14-12-10-8-6-4-2)40-72-76(70,71)75-54-51(67)49(65)48(64)50(66)53(54)74-56-52(68)47(63)46(62)44(39-58)73-56/h41-54,56,58-68H,3-40H2,1-2H3,(H,57,69)(H,70,71)/p-1/t41-,42?,43?,44+,45-,46+,47-,48+,49+,50-,51+,52-,53+,54+,56?/m0/s1. The Bertz CT molecular complexity index is 1460. The van der Waals surface area contributed by atoms with Crippen molar-refractivity contribution < 1.29 is 88.9 Å². The van der Waals surface area contributed by atoms with Crippen molar-refractivity contribution in [3.05, 3.63) is 0 Å². The lowest BCUT2D eigenvalue weighted by atomic mass is 9.84. The number of amides is 1. The van der Waals surface area contributed by atoms with Gasteiger partial charge in [0, 0.05) is 0 Å². The van der Waals surface area contributed by atoms with E-state index in [0.717, 1.165) is 57.8 Å². The fourth-order valence-corrected chi connectivity index (χ4v) is 11.3. The average Bonchev–Trinajstić information content (AvgIpc) is 3.40. The van der Waals surface area contributed by atoms with Gasteiger partial charge in [-0.1, -0.05) is 232 Å². The Morgan fingerprint density at radius 3 is 1.26 bits per heavy atom. The number of nitrogens with one attached hydrogen (secondary N) is 1. The van der Waals surface area contributed by atoms with Crippen molar-refractivity contribution in [2.45, 2.75) is 337 Å². The number of phosphoric ester groups is 1. The number of rotatable bonds is 48. The van der Waals surface area contributed by atoms with Gasteiger partial charge in [-0.2, -0.15) is 0 Å².